The highest BCUT2D eigenvalue weighted by Crippen LogP contribution is 2.52. The van der Waals surface area contributed by atoms with Crippen LogP contribution >= 0.6 is 35.7 Å². The number of hydrogen-bond donors (Lipinski definition) is 2. The standard InChI is InChI=1S/C18H26FN3OS.HI/c1-18(2)15(13-7-8-23-16(13)18)22-17(20-3)21-10-11-9-12(19)5-6-14(11)24-4;/h5-6,9,13,15-16H,7-8,10H2,1-4H3,(H2,20,21,22);1H. The second-order valence-electron chi connectivity index (χ2n) is 7.07. The summed E-state index contributed by atoms with van der Waals surface area (Å²) in [6.45, 7) is 5.88. The molecule has 25 heavy (non-hydrogen) atoms. The maximum Gasteiger partial charge on any atom is 0.191 e. The minimum Gasteiger partial charge on any atom is -0.377 e. The summed E-state index contributed by atoms with van der Waals surface area (Å²) in [5, 5.41) is 6.87. The van der Waals surface area contributed by atoms with Crippen molar-refractivity contribution in [2.75, 3.05) is 19.9 Å². The maximum atomic E-state index is 13.5. The van der Waals surface area contributed by atoms with Gasteiger partial charge in [0.25, 0.3) is 0 Å². The summed E-state index contributed by atoms with van der Waals surface area (Å²) in [7, 11) is 1.77. The van der Waals surface area contributed by atoms with E-state index in [-0.39, 0.29) is 35.2 Å². The van der Waals surface area contributed by atoms with Gasteiger partial charge in [0.15, 0.2) is 5.96 Å². The summed E-state index contributed by atoms with van der Waals surface area (Å²) in [5.41, 5.74) is 1.04. The van der Waals surface area contributed by atoms with Crippen molar-refractivity contribution in [3.8, 4) is 0 Å². The maximum absolute atomic E-state index is 13.5. The molecule has 1 aromatic carbocycles. The average Bonchev–Trinajstić information content (AvgIpc) is 3.02. The number of halogens is 2. The monoisotopic (exact) mass is 479 g/mol. The molecule has 3 unspecified atom stereocenters. The predicted molar refractivity (Wildman–Crippen MR) is 112 cm³/mol. The van der Waals surface area contributed by atoms with E-state index in [9.17, 15) is 4.39 Å². The summed E-state index contributed by atoms with van der Waals surface area (Å²) in [4.78, 5) is 5.41. The molecule has 2 N–H and O–H groups in total. The number of nitrogens with one attached hydrogen (secondary N) is 2. The van der Waals surface area contributed by atoms with Gasteiger partial charge in [-0.05, 0) is 36.4 Å². The Morgan fingerprint density at radius 3 is 2.88 bits per heavy atom. The van der Waals surface area contributed by atoms with Crippen molar-refractivity contribution in [3.05, 3.63) is 29.6 Å². The first-order chi connectivity index (χ1) is 11.5. The van der Waals surface area contributed by atoms with Crippen LogP contribution in [0.15, 0.2) is 28.1 Å². The quantitative estimate of drug-likeness (QED) is 0.300. The molecule has 0 amide bonds. The van der Waals surface area contributed by atoms with Gasteiger partial charge in [-0.15, -0.1) is 35.7 Å². The lowest BCUT2D eigenvalue weighted by molar-refractivity contribution is -0.106. The second kappa shape index (κ2) is 8.43. The average molecular weight is 479 g/mol. The topological polar surface area (TPSA) is 45.7 Å². The Bertz CT molecular complexity index is 641. The van der Waals surface area contributed by atoms with Crippen LogP contribution in [-0.4, -0.2) is 38.0 Å². The van der Waals surface area contributed by atoms with E-state index in [0.717, 1.165) is 29.4 Å². The Morgan fingerprint density at radius 2 is 2.20 bits per heavy atom. The van der Waals surface area contributed by atoms with Gasteiger partial charge in [0, 0.05) is 42.5 Å². The van der Waals surface area contributed by atoms with E-state index in [1.807, 2.05) is 12.3 Å². The molecule has 0 bridgehead atoms. The molecule has 140 valence electrons. The number of benzene rings is 1. The molecule has 4 nitrogen and oxygen atoms in total. The summed E-state index contributed by atoms with van der Waals surface area (Å²) in [6.07, 6.45) is 3.45. The molecule has 1 heterocycles. The van der Waals surface area contributed by atoms with Crippen molar-refractivity contribution in [2.45, 2.75) is 43.9 Å². The van der Waals surface area contributed by atoms with Crippen LogP contribution in [0, 0.1) is 17.2 Å². The molecule has 1 aliphatic carbocycles. The van der Waals surface area contributed by atoms with Crippen LogP contribution in [0.25, 0.3) is 0 Å². The molecule has 7 heteroatoms. The minimum atomic E-state index is -0.210. The Kier molecular flexibility index (Phi) is 7.01. The lowest BCUT2D eigenvalue weighted by Crippen LogP contribution is -2.67. The van der Waals surface area contributed by atoms with Gasteiger partial charge >= 0.3 is 0 Å². The molecule has 0 aromatic heterocycles. The largest absolute Gasteiger partial charge is 0.377 e. The number of ether oxygens (including phenoxy) is 1. The fraction of sp³-hybridized carbons (Fsp3) is 0.611. The van der Waals surface area contributed by atoms with Gasteiger partial charge in [-0.1, -0.05) is 13.8 Å². The van der Waals surface area contributed by atoms with E-state index in [0.29, 0.717) is 24.6 Å². The highest BCUT2D eigenvalue weighted by atomic mass is 127. The lowest BCUT2D eigenvalue weighted by Gasteiger charge is -2.54. The van der Waals surface area contributed by atoms with E-state index < -0.39 is 0 Å². The number of hydrogen-bond acceptors (Lipinski definition) is 3. The van der Waals surface area contributed by atoms with Crippen LogP contribution in [-0.2, 0) is 11.3 Å². The van der Waals surface area contributed by atoms with Gasteiger partial charge in [-0.3, -0.25) is 4.99 Å². The summed E-state index contributed by atoms with van der Waals surface area (Å²) < 4.78 is 19.4. The Labute approximate surface area is 170 Å². The normalized spacial score (nSPS) is 27.1. The van der Waals surface area contributed by atoms with Crippen molar-refractivity contribution < 1.29 is 9.13 Å². The van der Waals surface area contributed by atoms with Gasteiger partial charge in [0.05, 0.1) is 6.10 Å². The van der Waals surface area contributed by atoms with Crippen molar-refractivity contribution in [1.82, 2.24) is 10.6 Å². The third-order valence-electron chi connectivity index (χ3n) is 5.31. The highest BCUT2D eigenvalue weighted by molar-refractivity contribution is 14.0. The molecular formula is C18H27FIN3OS. The second-order valence-corrected chi connectivity index (χ2v) is 7.92. The molecule has 0 spiro atoms. The fourth-order valence-corrected chi connectivity index (χ4v) is 4.62. The number of aliphatic imine (C=N–C) groups is 1. The number of thioether (sulfide) groups is 1. The van der Waals surface area contributed by atoms with Crippen molar-refractivity contribution in [3.63, 3.8) is 0 Å². The van der Waals surface area contributed by atoms with Crippen LogP contribution in [0.2, 0.25) is 0 Å². The molecule has 2 fully saturated rings. The Morgan fingerprint density at radius 1 is 1.44 bits per heavy atom. The van der Waals surface area contributed by atoms with E-state index in [1.54, 1.807) is 24.9 Å². The first-order valence-electron chi connectivity index (χ1n) is 8.38. The van der Waals surface area contributed by atoms with Gasteiger partial charge in [0.2, 0.25) is 0 Å². The summed E-state index contributed by atoms with van der Waals surface area (Å²) in [5.74, 6) is 1.10. The number of nitrogens with zero attached hydrogens (tertiary/aromatic N) is 1. The van der Waals surface area contributed by atoms with Gasteiger partial charge < -0.3 is 15.4 Å². The molecule has 1 saturated heterocycles. The highest BCUT2D eigenvalue weighted by Gasteiger charge is 2.59. The van der Waals surface area contributed by atoms with E-state index in [1.165, 1.54) is 6.07 Å². The first-order valence-corrected chi connectivity index (χ1v) is 9.61. The van der Waals surface area contributed by atoms with Crippen LogP contribution in [0.1, 0.15) is 25.8 Å². The smallest absolute Gasteiger partial charge is 0.191 e. The molecule has 1 saturated carbocycles. The van der Waals surface area contributed by atoms with Gasteiger partial charge in [-0.2, -0.15) is 0 Å². The van der Waals surface area contributed by atoms with Crippen LogP contribution in [0.3, 0.4) is 0 Å². The Balaban J connectivity index is 0.00000225. The fourth-order valence-electron chi connectivity index (χ4n) is 4.02. The molecule has 3 atom stereocenters. The van der Waals surface area contributed by atoms with Crippen molar-refractivity contribution in [1.29, 1.82) is 0 Å². The lowest BCUT2D eigenvalue weighted by atomic mass is 9.57. The third kappa shape index (κ3) is 4.08. The molecule has 1 aromatic rings. The van der Waals surface area contributed by atoms with Gasteiger partial charge in [-0.25, -0.2) is 4.39 Å². The predicted octanol–water partition coefficient (Wildman–Crippen LogP) is 3.64. The van der Waals surface area contributed by atoms with Crippen LogP contribution in [0.4, 0.5) is 4.39 Å². The van der Waals surface area contributed by atoms with Crippen LogP contribution in [0.5, 0.6) is 0 Å². The Hall–Kier alpha value is -0.540. The summed E-state index contributed by atoms with van der Waals surface area (Å²) in [6, 6.07) is 5.26. The zero-order valence-corrected chi connectivity index (χ0v) is 18.3. The van der Waals surface area contributed by atoms with Crippen molar-refractivity contribution >= 4 is 41.7 Å². The minimum absolute atomic E-state index is 0. The molecule has 0 radical (unpaired) electrons. The first kappa shape index (κ1) is 20.8. The van der Waals surface area contributed by atoms with E-state index >= 15 is 0 Å². The zero-order valence-electron chi connectivity index (χ0n) is 15.1. The number of guanidine groups is 1. The van der Waals surface area contributed by atoms with E-state index in [4.69, 9.17) is 4.74 Å². The number of fused-ring (bicyclic) bond motifs is 1. The molecular weight excluding hydrogens is 452 g/mol. The summed E-state index contributed by atoms with van der Waals surface area (Å²) >= 11 is 1.62. The molecule has 3 rings (SSSR count). The molecule has 2 aliphatic rings. The van der Waals surface area contributed by atoms with Crippen molar-refractivity contribution in [2.24, 2.45) is 16.3 Å². The van der Waals surface area contributed by atoms with E-state index in [2.05, 4.69) is 29.5 Å². The molecule has 1 aliphatic heterocycles. The van der Waals surface area contributed by atoms with Gasteiger partial charge in [0.1, 0.15) is 5.82 Å². The zero-order chi connectivity index (χ0) is 17.3. The SMILES string of the molecule is CN=C(NCc1cc(F)ccc1SC)NC1C2CCOC2C1(C)C.I. The van der Waals surface area contributed by atoms with Crippen LogP contribution < -0.4 is 10.6 Å². The number of rotatable bonds is 4. The third-order valence-corrected chi connectivity index (χ3v) is 6.14.